The second-order valence-corrected chi connectivity index (χ2v) is 17.4. The zero-order chi connectivity index (χ0) is 46.7. The van der Waals surface area contributed by atoms with E-state index >= 15 is 0 Å². The van der Waals surface area contributed by atoms with Crippen LogP contribution in [0.15, 0.2) is 60.7 Å². The van der Waals surface area contributed by atoms with Gasteiger partial charge in [0.05, 0.1) is 6.54 Å². The van der Waals surface area contributed by atoms with Crippen molar-refractivity contribution in [3.8, 4) is 0 Å². The Morgan fingerprint density at radius 1 is 0.609 bits per heavy atom. The maximum absolute atomic E-state index is 14.1. The number of hydrogen-bond acceptors (Lipinski definition) is 11. The minimum atomic E-state index is -1.26. The third-order valence-corrected chi connectivity index (χ3v) is 11.0. The second kappa shape index (κ2) is 30.2. The van der Waals surface area contributed by atoms with E-state index in [2.05, 4.69) is 47.4 Å². The highest BCUT2D eigenvalue weighted by Gasteiger charge is 2.34. The summed E-state index contributed by atoms with van der Waals surface area (Å²) in [5.41, 5.74) is 7.23. The number of carboxylic acids is 1. The predicted molar refractivity (Wildman–Crippen MR) is 249 cm³/mol. The number of nitrogens with two attached hydrogens (primary N) is 1. The number of carbonyl (C=O) groups excluding carboxylic acids is 5. The first-order valence-corrected chi connectivity index (χ1v) is 23.1. The van der Waals surface area contributed by atoms with Gasteiger partial charge in [-0.05, 0) is 94.2 Å². The van der Waals surface area contributed by atoms with Crippen molar-refractivity contribution in [3.05, 3.63) is 71.8 Å². The summed E-state index contributed by atoms with van der Waals surface area (Å²) in [5.74, 6) is -4.46. The molecular formula is C47H76N10O7. The Labute approximate surface area is 380 Å². The third kappa shape index (κ3) is 21.2. The van der Waals surface area contributed by atoms with Crippen LogP contribution in [0.4, 0.5) is 0 Å². The van der Waals surface area contributed by atoms with Gasteiger partial charge < -0.3 is 53.4 Å². The lowest BCUT2D eigenvalue weighted by molar-refractivity contribution is -0.142. The van der Waals surface area contributed by atoms with Crippen LogP contribution >= 0.6 is 0 Å². The van der Waals surface area contributed by atoms with Crippen LogP contribution in [-0.4, -0.2) is 141 Å². The van der Waals surface area contributed by atoms with E-state index in [0.29, 0.717) is 51.0 Å². The molecule has 2 aromatic carbocycles. The van der Waals surface area contributed by atoms with Crippen molar-refractivity contribution in [2.45, 2.75) is 109 Å². The summed E-state index contributed by atoms with van der Waals surface area (Å²) in [7, 11) is 0. The van der Waals surface area contributed by atoms with E-state index < -0.39 is 65.7 Å². The van der Waals surface area contributed by atoms with Crippen molar-refractivity contribution in [2.75, 3.05) is 65.4 Å². The Bertz CT molecular complexity index is 1690. The van der Waals surface area contributed by atoms with Crippen LogP contribution in [0.1, 0.15) is 77.3 Å². The Balaban J connectivity index is 1.75. The van der Waals surface area contributed by atoms with Crippen LogP contribution < -0.4 is 48.3 Å². The molecule has 11 N–H and O–H groups in total. The fourth-order valence-electron chi connectivity index (χ4n) is 7.44. The van der Waals surface area contributed by atoms with Crippen LogP contribution in [0.5, 0.6) is 0 Å². The lowest BCUT2D eigenvalue weighted by Crippen LogP contribution is -2.60. The Hall–Kier alpha value is -4.94. The molecule has 64 heavy (non-hydrogen) atoms. The topological polar surface area (TPSA) is 248 Å². The molecule has 0 unspecified atom stereocenters. The van der Waals surface area contributed by atoms with Gasteiger partial charge in [-0.3, -0.25) is 28.9 Å². The first-order valence-electron chi connectivity index (χ1n) is 23.1. The van der Waals surface area contributed by atoms with Gasteiger partial charge >= 0.3 is 5.97 Å². The predicted octanol–water partition coefficient (Wildman–Crippen LogP) is 0.676. The number of hydrogen-bond donors (Lipinski definition) is 10. The van der Waals surface area contributed by atoms with Crippen LogP contribution in [0.25, 0.3) is 0 Å². The standard InChI is InChI=1S/C47H76N10O7/c1-33(2)29-38(53-43(59)37(19-11-12-20-48)52-41(58)32-57-27-14-23-49-21-13-22-50-24-25-51-26-28-57)45(61)56-42(34(3)4)46(62)54-39(30-35-15-7-5-8-16-35)44(60)55-40(47(63)64)31-36-17-9-6-10-18-36/h5-10,15-18,33-34,37-40,42,49-51H,11-14,19-32,48H2,1-4H3,(H,52,58)(H,53,59)(H,54,62)(H,55,60)(H,56,61)(H,63,64)/t37-,38-,39-,40-,42-/m0/s1. The average molecular weight is 893 g/mol. The minimum Gasteiger partial charge on any atom is -0.480 e. The molecule has 1 fully saturated rings. The number of carbonyl (C=O) groups is 6. The lowest BCUT2D eigenvalue weighted by atomic mass is 9.98. The normalized spacial score (nSPS) is 16.9. The molecule has 0 aromatic heterocycles. The summed E-state index contributed by atoms with van der Waals surface area (Å²) >= 11 is 0. The van der Waals surface area contributed by atoms with E-state index in [1.54, 1.807) is 62.4 Å². The first kappa shape index (κ1) is 53.4. The Morgan fingerprint density at radius 3 is 1.73 bits per heavy atom. The zero-order valence-electron chi connectivity index (χ0n) is 38.5. The molecule has 17 heteroatoms. The van der Waals surface area contributed by atoms with Crippen LogP contribution in [0.3, 0.4) is 0 Å². The number of amides is 5. The van der Waals surface area contributed by atoms with Crippen molar-refractivity contribution >= 4 is 35.5 Å². The molecule has 3 rings (SSSR count). The van der Waals surface area contributed by atoms with Crippen LogP contribution in [0, 0.1) is 11.8 Å². The van der Waals surface area contributed by atoms with Gasteiger partial charge in [-0.25, -0.2) is 4.79 Å². The number of unbranched alkanes of at least 4 members (excludes halogenated alkanes) is 1. The Morgan fingerprint density at radius 2 is 1.14 bits per heavy atom. The van der Waals surface area contributed by atoms with Gasteiger partial charge in [0.15, 0.2) is 0 Å². The smallest absolute Gasteiger partial charge is 0.326 e. The maximum Gasteiger partial charge on any atom is 0.326 e. The molecule has 0 bridgehead atoms. The minimum absolute atomic E-state index is 0.0332. The summed E-state index contributed by atoms with van der Waals surface area (Å²) in [6.07, 6.45) is 3.78. The summed E-state index contributed by atoms with van der Waals surface area (Å²) in [6, 6.07) is 12.4. The molecular weight excluding hydrogens is 817 g/mol. The van der Waals surface area contributed by atoms with Crippen molar-refractivity contribution in [1.82, 2.24) is 47.4 Å². The van der Waals surface area contributed by atoms with Gasteiger partial charge in [-0.1, -0.05) is 88.4 Å². The maximum atomic E-state index is 14.1. The van der Waals surface area contributed by atoms with Gasteiger partial charge in [0, 0.05) is 39.0 Å². The molecule has 0 radical (unpaired) electrons. The van der Waals surface area contributed by atoms with Gasteiger partial charge in [-0.15, -0.1) is 0 Å². The molecule has 1 aliphatic heterocycles. The molecule has 1 heterocycles. The summed E-state index contributed by atoms with van der Waals surface area (Å²) in [4.78, 5) is 84.0. The van der Waals surface area contributed by atoms with Crippen molar-refractivity contribution in [2.24, 2.45) is 17.6 Å². The molecule has 0 saturated carbocycles. The molecule has 1 saturated heterocycles. The monoisotopic (exact) mass is 893 g/mol. The first-order chi connectivity index (χ1) is 30.8. The molecule has 0 spiro atoms. The fraction of sp³-hybridized carbons (Fsp3) is 0.617. The number of benzene rings is 2. The van der Waals surface area contributed by atoms with Gasteiger partial charge in [0.25, 0.3) is 0 Å². The molecule has 0 aliphatic carbocycles. The van der Waals surface area contributed by atoms with Crippen molar-refractivity contribution in [3.63, 3.8) is 0 Å². The highest BCUT2D eigenvalue weighted by Crippen LogP contribution is 2.12. The molecule has 5 atom stereocenters. The van der Waals surface area contributed by atoms with E-state index in [9.17, 15) is 33.9 Å². The molecule has 356 valence electrons. The highest BCUT2D eigenvalue weighted by atomic mass is 16.4. The number of nitrogens with zero attached hydrogens (tertiary/aromatic N) is 1. The van der Waals surface area contributed by atoms with Crippen molar-refractivity contribution < 1.29 is 33.9 Å². The largest absolute Gasteiger partial charge is 0.480 e. The third-order valence-electron chi connectivity index (χ3n) is 11.0. The number of aliphatic carboxylic acids is 1. The SMILES string of the molecule is CC(C)C[C@H](NC(=O)[C@H](CCCCN)NC(=O)CN1CCCNCCCNCCNCC1)C(=O)N[C@H](C(=O)N[C@@H](Cc1ccccc1)C(=O)N[C@@H](Cc1ccccc1)C(=O)O)C(C)C. The second-order valence-electron chi connectivity index (χ2n) is 17.4. The zero-order valence-corrected chi connectivity index (χ0v) is 38.5. The molecule has 1 aliphatic rings. The highest BCUT2D eigenvalue weighted by molar-refractivity contribution is 5.96. The van der Waals surface area contributed by atoms with Gasteiger partial charge in [0.1, 0.15) is 30.2 Å². The van der Waals surface area contributed by atoms with Gasteiger partial charge in [0.2, 0.25) is 29.5 Å². The van der Waals surface area contributed by atoms with Crippen LogP contribution in [-0.2, 0) is 41.6 Å². The Kier molecular flexibility index (Phi) is 25.2. The van der Waals surface area contributed by atoms with Gasteiger partial charge in [-0.2, -0.15) is 0 Å². The van der Waals surface area contributed by atoms with Crippen LogP contribution in [0.2, 0.25) is 0 Å². The summed E-state index contributed by atoms with van der Waals surface area (Å²) in [6.45, 7) is 14.3. The van der Waals surface area contributed by atoms with E-state index in [1.807, 2.05) is 26.0 Å². The van der Waals surface area contributed by atoms with Crippen molar-refractivity contribution in [1.29, 1.82) is 0 Å². The number of rotatable bonds is 23. The van der Waals surface area contributed by atoms with E-state index in [4.69, 9.17) is 5.73 Å². The quantitative estimate of drug-likeness (QED) is 0.0693. The summed E-state index contributed by atoms with van der Waals surface area (Å²) in [5, 5.41) is 34.4. The molecule has 5 amide bonds. The number of carboxylic acid groups (broad SMARTS) is 1. The molecule has 17 nitrogen and oxygen atoms in total. The fourth-order valence-corrected chi connectivity index (χ4v) is 7.44. The average Bonchev–Trinajstić information content (AvgIpc) is 3.26. The lowest BCUT2D eigenvalue weighted by Gasteiger charge is -2.29. The summed E-state index contributed by atoms with van der Waals surface area (Å²) < 4.78 is 0. The molecule has 2 aromatic rings. The van der Waals surface area contributed by atoms with E-state index in [1.165, 1.54) is 0 Å². The number of nitrogens with one attached hydrogen (secondary N) is 8. The van der Waals surface area contributed by atoms with E-state index in [0.717, 1.165) is 51.1 Å². The van der Waals surface area contributed by atoms with E-state index in [-0.39, 0.29) is 37.6 Å².